The Kier molecular flexibility index (Phi) is 8.10. The Morgan fingerprint density at radius 3 is 2.35 bits per heavy atom. The van der Waals surface area contributed by atoms with Crippen molar-refractivity contribution in [3.63, 3.8) is 0 Å². The molecule has 4 aliphatic rings. The van der Waals surface area contributed by atoms with E-state index in [-0.39, 0.29) is 10.8 Å². The number of allylic oxidation sites excluding steroid dienone is 11. The zero-order valence-corrected chi connectivity index (χ0v) is 31.3. The molecule has 3 aromatic carbocycles. The maximum Gasteiger partial charge on any atom is 0.135 e. The van der Waals surface area contributed by atoms with Gasteiger partial charge in [0.05, 0.1) is 5.70 Å². The minimum atomic E-state index is -0.170. The Morgan fingerprint density at radius 1 is 0.827 bits per heavy atom. The van der Waals surface area contributed by atoms with Crippen LogP contribution in [0.1, 0.15) is 105 Å². The van der Waals surface area contributed by atoms with Gasteiger partial charge in [0.1, 0.15) is 11.5 Å². The van der Waals surface area contributed by atoms with E-state index >= 15 is 0 Å². The number of nitrogens with zero attached hydrogens (tertiary/aromatic N) is 1. The van der Waals surface area contributed by atoms with Gasteiger partial charge in [-0.3, -0.25) is 0 Å². The van der Waals surface area contributed by atoms with Crippen LogP contribution in [0.3, 0.4) is 0 Å². The van der Waals surface area contributed by atoms with E-state index in [0.717, 1.165) is 46.9 Å². The first-order chi connectivity index (χ1) is 25.1. The van der Waals surface area contributed by atoms with E-state index < -0.39 is 0 Å². The topological polar surface area (TPSA) is 16.4 Å². The van der Waals surface area contributed by atoms with Gasteiger partial charge >= 0.3 is 0 Å². The van der Waals surface area contributed by atoms with Crippen molar-refractivity contribution in [1.82, 2.24) is 0 Å². The van der Waals surface area contributed by atoms with Gasteiger partial charge in [-0.15, -0.1) is 0 Å². The molecule has 1 aromatic heterocycles. The first-order valence-corrected chi connectivity index (χ1v) is 18.5. The summed E-state index contributed by atoms with van der Waals surface area (Å²) >= 11 is 0. The molecule has 0 radical (unpaired) electrons. The van der Waals surface area contributed by atoms with E-state index in [1.807, 2.05) is 25.2 Å². The van der Waals surface area contributed by atoms with Gasteiger partial charge in [-0.2, -0.15) is 0 Å². The molecule has 258 valence electrons. The maximum atomic E-state index is 6.35. The summed E-state index contributed by atoms with van der Waals surface area (Å²) in [6.07, 6.45) is 23.5. The molecule has 0 aliphatic heterocycles. The van der Waals surface area contributed by atoms with E-state index in [9.17, 15) is 0 Å². The van der Waals surface area contributed by atoms with E-state index in [2.05, 4.69) is 162 Å². The highest BCUT2D eigenvalue weighted by molar-refractivity contribution is 5.97. The lowest BCUT2D eigenvalue weighted by Crippen LogP contribution is -2.20. The molecule has 0 unspecified atom stereocenters. The Labute approximate surface area is 309 Å². The Morgan fingerprint density at radius 2 is 1.60 bits per heavy atom. The van der Waals surface area contributed by atoms with Crippen molar-refractivity contribution in [2.45, 2.75) is 65.2 Å². The Bertz CT molecular complexity index is 2390. The Hall–Kier alpha value is -5.60. The lowest BCUT2D eigenvalue weighted by atomic mass is 9.81. The number of fused-ring (bicyclic) bond motifs is 4. The number of furan rings is 1. The molecule has 0 amide bonds. The summed E-state index contributed by atoms with van der Waals surface area (Å²) in [5, 5.41) is 0. The summed E-state index contributed by atoms with van der Waals surface area (Å²) in [7, 11) is 0. The number of rotatable bonds is 6. The third-order valence-electron chi connectivity index (χ3n) is 11.6. The largest absolute Gasteiger partial charge is 0.456 e. The molecule has 2 nitrogen and oxygen atoms in total. The number of benzene rings is 3. The molecule has 0 saturated heterocycles. The van der Waals surface area contributed by atoms with Gasteiger partial charge in [0.15, 0.2) is 0 Å². The van der Waals surface area contributed by atoms with E-state index in [1.165, 1.54) is 61.4 Å². The lowest BCUT2D eigenvalue weighted by molar-refractivity contribution is 0.546. The second-order valence-electron chi connectivity index (χ2n) is 15.2. The van der Waals surface area contributed by atoms with Gasteiger partial charge < -0.3 is 9.32 Å². The molecule has 4 aliphatic carbocycles. The average Bonchev–Trinajstić information content (AvgIpc) is 3.44. The van der Waals surface area contributed by atoms with E-state index in [0.29, 0.717) is 0 Å². The minimum absolute atomic E-state index is 0.109. The standard InChI is InChI=1S/C50H47NO/c1-9-17-46-38(11-3)40-20-16-18-34(30-47(40)52-46)33-24-26-35(27-25-33)51(36-28-29-39-37(10-2)32(4)49(5,6)44(39)31-36)45-23-15-14-22-43-48(45)41-19-12-13-21-42(41)50(43,7)8/h9-14,16-17,19-31H,3-4,15,18H2,1-2,5-8H3/b17-9-,37-10+. The third kappa shape index (κ3) is 5.07. The van der Waals surface area contributed by atoms with Crippen LogP contribution in [0.5, 0.6) is 0 Å². The molecule has 0 bridgehead atoms. The highest BCUT2D eigenvalue weighted by Gasteiger charge is 2.41. The molecule has 0 atom stereocenters. The van der Waals surface area contributed by atoms with Crippen LogP contribution >= 0.6 is 0 Å². The van der Waals surface area contributed by atoms with Gasteiger partial charge in [0.25, 0.3) is 0 Å². The summed E-state index contributed by atoms with van der Waals surface area (Å²) < 4.78 is 6.35. The van der Waals surface area contributed by atoms with Crippen molar-refractivity contribution < 1.29 is 4.42 Å². The molecule has 0 saturated carbocycles. The highest BCUT2D eigenvalue weighted by atomic mass is 16.3. The molecule has 0 N–H and O–H groups in total. The maximum absolute atomic E-state index is 6.35. The first kappa shape index (κ1) is 33.5. The average molecular weight is 678 g/mol. The second kappa shape index (κ2) is 12.6. The molecule has 1 heterocycles. The van der Waals surface area contributed by atoms with Gasteiger partial charge in [0, 0.05) is 38.9 Å². The van der Waals surface area contributed by atoms with Gasteiger partial charge in [0.2, 0.25) is 0 Å². The fraction of sp³-hybridized carbons (Fsp3) is 0.200. The van der Waals surface area contributed by atoms with Crippen LogP contribution in [0, 0.1) is 0 Å². The van der Waals surface area contributed by atoms with Crippen LogP contribution in [0.4, 0.5) is 11.4 Å². The minimum Gasteiger partial charge on any atom is -0.456 e. The first-order valence-electron chi connectivity index (χ1n) is 18.5. The van der Waals surface area contributed by atoms with Gasteiger partial charge in [-0.05, 0) is 113 Å². The summed E-state index contributed by atoms with van der Waals surface area (Å²) in [5.41, 5.74) is 18.1. The molecule has 52 heavy (non-hydrogen) atoms. The quantitative estimate of drug-likeness (QED) is 0.202. The fourth-order valence-electron chi connectivity index (χ4n) is 8.73. The summed E-state index contributed by atoms with van der Waals surface area (Å²) in [4.78, 5) is 2.49. The van der Waals surface area contributed by atoms with Crippen LogP contribution in [-0.2, 0) is 10.8 Å². The Balaban J connectivity index is 1.28. The predicted octanol–water partition coefficient (Wildman–Crippen LogP) is 13.9. The van der Waals surface area contributed by atoms with Gasteiger partial charge in [-0.25, -0.2) is 0 Å². The van der Waals surface area contributed by atoms with E-state index in [1.54, 1.807) is 0 Å². The fourth-order valence-corrected chi connectivity index (χ4v) is 8.73. The van der Waals surface area contributed by atoms with Crippen molar-refractivity contribution in [2.75, 3.05) is 4.90 Å². The van der Waals surface area contributed by atoms with Crippen molar-refractivity contribution in [1.29, 1.82) is 0 Å². The summed E-state index contributed by atoms with van der Waals surface area (Å²) in [6, 6.07) is 25.1. The molecular formula is C50H47NO. The molecule has 0 fully saturated rings. The number of anilines is 2. The molecular weight excluding hydrogens is 631 g/mol. The SMILES string of the molecule is C=Cc1c(/C=C\C)oc2c1C=CCC(c1ccc(N(C3=CCC=CC4=C3c3ccccc3C4(C)C)c3ccc4c(c3)C(C)(C)C(=C)/C4=C\C)cc1)=C2. The number of hydrogen-bond donors (Lipinski definition) is 0. The molecule has 2 heteroatoms. The monoisotopic (exact) mass is 677 g/mol. The predicted molar refractivity (Wildman–Crippen MR) is 224 cm³/mol. The molecule has 0 spiro atoms. The zero-order chi connectivity index (χ0) is 36.4. The van der Waals surface area contributed by atoms with E-state index in [4.69, 9.17) is 4.42 Å². The lowest BCUT2D eigenvalue weighted by Gasteiger charge is -2.31. The summed E-state index contributed by atoms with van der Waals surface area (Å²) in [6.45, 7) is 22.1. The van der Waals surface area contributed by atoms with Crippen LogP contribution in [0.25, 0.3) is 41.0 Å². The highest BCUT2D eigenvalue weighted by Crippen LogP contribution is 2.54. The van der Waals surface area contributed by atoms with Crippen LogP contribution < -0.4 is 4.90 Å². The van der Waals surface area contributed by atoms with Gasteiger partial charge in [-0.1, -0.05) is 132 Å². The van der Waals surface area contributed by atoms with Crippen LogP contribution in [-0.4, -0.2) is 0 Å². The van der Waals surface area contributed by atoms with Crippen LogP contribution in [0.2, 0.25) is 0 Å². The van der Waals surface area contributed by atoms with Crippen molar-refractivity contribution in [3.8, 4) is 0 Å². The molecule has 4 aromatic rings. The van der Waals surface area contributed by atoms with Crippen molar-refractivity contribution >= 4 is 52.4 Å². The van der Waals surface area contributed by atoms with Crippen LogP contribution in [0.15, 0.2) is 138 Å². The third-order valence-corrected chi connectivity index (χ3v) is 11.6. The smallest absolute Gasteiger partial charge is 0.135 e. The second-order valence-corrected chi connectivity index (χ2v) is 15.2. The normalized spacial score (nSPS) is 18.8. The van der Waals surface area contributed by atoms with Crippen molar-refractivity contribution in [3.05, 3.63) is 184 Å². The van der Waals surface area contributed by atoms with Crippen molar-refractivity contribution in [2.24, 2.45) is 0 Å². The number of hydrogen-bond acceptors (Lipinski definition) is 2. The molecule has 8 rings (SSSR count). The summed E-state index contributed by atoms with van der Waals surface area (Å²) in [5.74, 6) is 1.72. The zero-order valence-electron chi connectivity index (χ0n) is 31.3.